The quantitative estimate of drug-likeness (QED) is 0.186. The number of nitrogens with zero attached hydrogens (tertiary/aromatic N) is 3. The van der Waals surface area contributed by atoms with E-state index in [-0.39, 0.29) is 31.0 Å². The molecule has 5 rings (SSSR count). The van der Waals surface area contributed by atoms with E-state index < -0.39 is 18.0 Å². The summed E-state index contributed by atoms with van der Waals surface area (Å²) in [5, 5.41) is 9.04. The van der Waals surface area contributed by atoms with Gasteiger partial charge in [-0.3, -0.25) is 9.36 Å². The van der Waals surface area contributed by atoms with Gasteiger partial charge >= 0.3 is 11.9 Å². The second kappa shape index (κ2) is 16.0. The Morgan fingerprint density at radius 1 is 0.940 bits per heavy atom. The minimum absolute atomic E-state index is 0.131. The van der Waals surface area contributed by atoms with Gasteiger partial charge in [-0.15, -0.1) is 0 Å². The molecule has 50 heavy (non-hydrogen) atoms. The Bertz CT molecular complexity index is 2160. The second-order valence-electron chi connectivity index (χ2n) is 10.8. The maximum atomic E-state index is 14.2. The highest BCUT2D eigenvalue weighted by atomic mass is 32.1. The molecule has 1 aliphatic heterocycles. The number of esters is 2. The van der Waals surface area contributed by atoms with Crippen LogP contribution in [0.5, 0.6) is 23.0 Å². The fraction of sp³-hybridized carbons (Fsp3) is 0.270. The van der Waals surface area contributed by atoms with Gasteiger partial charge in [-0.25, -0.2) is 14.6 Å². The Morgan fingerprint density at radius 2 is 1.68 bits per heavy atom. The van der Waals surface area contributed by atoms with Crippen molar-refractivity contribution < 1.29 is 38.0 Å². The fourth-order valence-electron chi connectivity index (χ4n) is 5.27. The average molecular weight is 698 g/mol. The Hall–Kier alpha value is -5.87. The van der Waals surface area contributed by atoms with Crippen molar-refractivity contribution in [3.05, 3.63) is 114 Å². The highest BCUT2D eigenvalue weighted by molar-refractivity contribution is 7.07. The molecule has 0 unspecified atom stereocenters. The normalized spacial score (nSPS) is 13.8. The number of hydrogen-bond acceptors (Lipinski definition) is 12. The maximum absolute atomic E-state index is 14.2. The van der Waals surface area contributed by atoms with Crippen LogP contribution < -0.4 is 33.8 Å². The van der Waals surface area contributed by atoms with Crippen LogP contribution in [-0.2, 0) is 25.7 Å². The van der Waals surface area contributed by atoms with Crippen molar-refractivity contribution in [3.63, 3.8) is 0 Å². The number of fused-ring (bicyclic) bond motifs is 1. The van der Waals surface area contributed by atoms with Gasteiger partial charge in [0.1, 0.15) is 6.61 Å². The van der Waals surface area contributed by atoms with E-state index in [1.54, 1.807) is 69.3 Å². The topological polar surface area (TPSA) is 148 Å². The van der Waals surface area contributed by atoms with E-state index >= 15 is 0 Å². The predicted molar refractivity (Wildman–Crippen MR) is 184 cm³/mol. The van der Waals surface area contributed by atoms with Crippen LogP contribution in [0.3, 0.4) is 0 Å². The van der Waals surface area contributed by atoms with Crippen molar-refractivity contribution in [2.45, 2.75) is 33.4 Å². The van der Waals surface area contributed by atoms with Gasteiger partial charge in [0.15, 0.2) is 34.4 Å². The molecule has 0 amide bonds. The molecule has 0 fully saturated rings. The lowest BCUT2D eigenvalue weighted by Crippen LogP contribution is -2.40. The van der Waals surface area contributed by atoms with Gasteiger partial charge in [0, 0.05) is 0 Å². The Morgan fingerprint density at radius 3 is 2.36 bits per heavy atom. The summed E-state index contributed by atoms with van der Waals surface area (Å²) in [7, 11) is 2.80. The molecule has 1 aromatic heterocycles. The summed E-state index contributed by atoms with van der Waals surface area (Å²) in [5.41, 5.74) is 2.94. The summed E-state index contributed by atoms with van der Waals surface area (Å²) in [4.78, 5) is 44.3. The number of carbonyl (C=O) groups excluding carboxylic acids is 2. The molecule has 12 nitrogen and oxygen atoms in total. The SMILES string of the molecule is CCOC(=O)C1=C(C)N=c2s/c(=C/c3ccc(OCc4ccc(C#N)cc4)c(OC)c3)c(=O)n2[C@@H]1c1ccc(OCC(=O)OC)c(OCC)c1. The number of hydrogen-bond donors (Lipinski definition) is 0. The minimum Gasteiger partial charge on any atom is -0.493 e. The maximum Gasteiger partial charge on any atom is 0.343 e. The van der Waals surface area contributed by atoms with Crippen LogP contribution in [0.15, 0.2) is 81.7 Å². The number of rotatable bonds is 13. The summed E-state index contributed by atoms with van der Waals surface area (Å²) in [6.07, 6.45) is 1.73. The van der Waals surface area contributed by atoms with Crippen LogP contribution in [0.25, 0.3) is 6.08 Å². The molecule has 1 atom stereocenters. The molecule has 0 bridgehead atoms. The zero-order valence-electron chi connectivity index (χ0n) is 28.2. The number of allylic oxidation sites excluding steroid dienone is 1. The van der Waals surface area contributed by atoms with Crippen LogP contribution in [-0.4, -0.2) is 50.5 Å². The largest absolute Gasteiger partial charge is 0.493 e. The minimum atomic E-state index is -0.895. The molecular formula is C37H35N3O9S. The van der Waals surface area contributed by atoms with Crippen molar-refractivity contribution in [2.75, 3.05) is 34.0 Å². The van der Waals surface area contributed by atoms with Crippen LogP contribution in [0.4, 0.5) is 0 Å². The number of benzene rings is 3. The number of carbonyl (C=O) groups is 2. The summed E-state index contributed by atoms with van der Waals surface area (Å²) in [6, 6.07) is 18.6. The van der Waals surface area contributed by atoms with Crippen LogP contribution in [0.1, 0.15) is 49.1 Å². The molecule has 0 N–H and O–H groups in total. The van der Waals surface area contributed by atoms with Crippen molar-refractivity contribution in [1.82, 2.24) is 4.57 Å². The van der Waals surface area contributed by atoms with Crippen LogP contribution >= 0.6 is 11.3 Å². The molecule has 0 saturated heterocycles. The zero-order valence-corrected chi connectivity index (χ0v) is 29.0. The average Bonchev–Trinajstić information content (AvgIpc) is 3.43. The van der Waals surface area contributed by atoms with Crippen LogP contribution in [0, 0.1) is 11.3 Å². The molecule has 4 aromatic rings. The molecule has 258 valence electrons. The van der Waals surface area contributed by atoms with Crippen molar-refractivity contribution >= 4 is 29.4 Å². The molecule has 3 aromatic carbocycles. The van der Waals surface area contributed by atoms with E-state index in [4.69, 9.17) is 28.9 Å². The molecule has 0 radical (unpaired) electrons. The van der Waals surface area contributed by atoms with Gasteiger partial charge < -0.3 is 28.4 Å². The second-order valence-corrected chi connectivity index (χ2v) is 11.8. The molecule has 13 heteroatoms. The van der Waals surface area contributed by atoms with E-state index in [9.17, 15) is 14.4 Å². The highest BCUT2D eigenvalue weighted by Gasteiger charge is 2.34. The van der Waals surface area contributed by atoms with E-state index in [0.29, 0.717) is 61.3 Å². The number of aromatic nitrogens is 1. The van der Waals surface area contributed by atoms with E-state index in [0.717, 1.165) is 5.56 Å². The Balaban J connectivity index is 1.54. The van der Waals surface area contributed by atoms with Crippen molar-refractivity contribution in [1.29, 1.82) is 5.26 Å². The molecule has 0 saturated carbocycles. The van der Waals surface area contributed by atoms with Gasteiger partial charge in [-0.2, -0.15) is 5.26 Å². The third-order valence-electron chi connectivity index (χ3n) is 7.64. The summed E-state index contributed by atoms with van der Waals surface area (Å²) in [5.74, 6) is 0.436. The summed E-state index contributed by atoms with van der Waals surface area (Å²) >= 11 is 1.19. The summed E-state index contributed by atoms with van der Waals surface area (Å²) in [6.45, 7) is 5.58. The van der Waals surface area contributed by atoms with Gasteiger partial charge in [0.25, 0.3) is 5.56 Å². The Kier molecular flexibility index (Phi) is 11.4. The number of methoxy groups -OCH3 is 2. The van der Waals surface area contributed by atoms with Gasteiger partial charge in [-0.1, -0.05) is 35.6 Å². The molecule has 0 aliphatic carbocycles. The van der Waals surface area contributed by atoms with Crippen molar-refractivity contribution in [3.8, 4) is 29.1 Å². The van der Waals surface area contributed by atoms with E-state index in [1.165, 1.54) is 30.1 Å². The lowest BCUT2D eigenvalue weighted by molar-refractivity contribution is -0.143. The lowest BCUT2D eigenvalue weighted by atomic mass is 9.95. The first-order valence-corrected chi connectivity index (χ1v) is 16.5. The first-order chi connectivity index (χ1) is 24.2. The first kappa shape index (κ1) is 35.4. The fourth-order valence-corrected chi connectivity index (χ4v) is 6.31. The highest BCUT2D eigenvalue weighted by Crippen LogP contribution is 2.36. The molecule has 0 spiro atoms. The lowest BCUT2D eigenvalue weighted by Gasteiger charge is -2.25. The van der Waals surface area contributed by atoms with E-state index in [1.807, 2.05) is 18.2 Å². The third kappa shape index (κ3) is 7.71. The summed E-state index contributed by atoms with van der Waals surface area (Å²) < 4.78 is 35.0. The standard InChI is InChI=1S/C37H35N3O9S/c1-6-46-30-18-26(13-15-28(30)49-21-32(41)45-5)34-33(36(43)47-7-2)22(3)39-37-40(34)35(42)31(50-37)17-25-12-14-27(29(16-25)44-4)48-20-24-10-8-23(19-38)9-11-24/h8-18,34H,6-7,20-21H2,1-5H3/b31-17+/t34-/m1/s1. The number of nitriles is 1. The predicted octanol–water partition coefficient (Wildman–Crippen LogP) is 4.21. The zero-order chi connectivity index (χ0) is 35.8. The van der Waals surface area contributed by atoms with Gasteiger partial charge in [-0.05, 0) is 79.9 Å². The van der Waals surface area contributed by atoms with Crippen LogP contribution in [0.2, 0.25) is 0 Å². The smallest absolute Gasteiger partial charge is 0.343 e. The number of thiazole rings is 1. The Labute approximate surface area is 292 Å². The molecule has 2 heterocycles. The number of ether oxygens (including phenoxy) is 6. The molecular weight excluding hydrogens is 662 g/mol. The third-order valence-corrected chi connectivity index (χ3v) is 8.62. The monoisotopic (exact) mass is 697 g/mol. The first-order valence-electron chi connectivity index (χ1n) is 15.7. The van der Waals surface area contributed by atoms with E-state index in [2.05, 4.69) is 15.8 Å². The molecule has 1 aliphatic rings. The van der Waals surface area contributed by atoms with Crippen molar-refractivity contribution in [2.24, 2.45) is 4.99 Å². The van der Waals surface area contributed by atoms with Gasteiger partial charge in [0.2, 0.25) is 0 Å². The van der Waals surface area contributed by atoms with Gasteiger partial charge in [0.05, 0.1) is 60.9 Å².